The van der Waals surface area contributed by atoms with Crippen molar-refractivity contribution in [3.05, 3.63) is 95.6 Å². The number of aromatic nitrogens is 3. The molecule has 1 aromatic heterocycles. The summed E-state index contributed by atoms with van der Waals surface area (Å²) in [4.78, 5) is 22.4. The van der Waals surface area contributed by atoms with Gasteiger partial charge in [0.05, 0.1) is 12.7 Å². The SMILES string of the molecule is COC(=O)c1c(-c2nc(-c3ccccc3)n[nH]2)cccc1C1N=C(c2ccccc2)NN1C. The van der Waals surface area contributed by atoms with Gasteiger partial charge in [-0.25, -0.2) is 14.8 Å². The molecule has 4 aromatic rings. The number of hydrogen-bond acceptors (Lipinski definition) is 7. The fourth-order valence-electron chi connectivity index (χ4n) is 3.89. The van der Waals surface area contributed by atoms with Crippen LogP contribution in [-0.2, 0) is 4.74 Å². The molecule has 1 aliphatic rings. The normalized spacial score (nSPS) is 15.7. The van der Waals surface area contributed by atoms with E-state index in [9.17, 15) is 4.79 Å². The van der Waals surface area contributed by atoms with Crippen molar-refractivity contribution in [1.82, 2.24) is 25.6 Å². The number of ether oxygens (including phenoxy) is 1. The lowest BCUT2D eigenvalue weighted by Crippen LogP contribution is -2.34. The number of aliphatic imine (C=N–C) groups is 1. The van der Waals surface area contributed by atoms with Crippen LogP contribution < -0.4 is 5.43 Å². The minimum absolute atomic E-state index is 0.396. The Morgan fingerprint density at radius 3 is 2.33 bits per heavy atom. The Labute approximate surface area is 190 Å². The quantitative estimate of drug-likeness (QED) is 0.460. The number of methoxy groups -OCH3 is 1. The van der Waals surface area contributed by atoms with Gasteiger partial charge in [0.2, 0.25) is 0 Å². The molecular formula is C25H22N6O2. The lowest BCUT2D eigenvalue weighted by atomic mass is 9.98. The summed E-state index contributed by atoms with van der Waals surface area (Å²) in [5.74, 6) is 1.30. The Kier molecular flexibility index (Phi) is 5.42. The smallest absolute Gasteiger partial charge is 0.339 e. The van der Waals surface area contributed by atoms with Gasteiger partial charge in [0.1, 0.15) is 12.0 Å². The third kappa shape index (κ3) is 3.88. The first kappa shape index (κ1) is 20.6. The van der Waals surface area contributed by atoms with Crippen LogP contribution >= 0.6 is 0 Å². The number of H-pyrrole nitrogens is 1. The van der Waals surface area contributed by atoms with Gasteiger partial charge in [0.25, 0.3) is 0 Å². The largest absolute Gasteiger partial charge is 0.465 e. The maximum absolute atomic E-state index is 12.9. The Bertz CT molecular complexity index is 1320. The average Bonchev–Trinajstić information content (AvgIpc) is 3.51. The number of rotatable bonds is 5. The molecule has 0 spiro atoms. The molecule has 164 valence electrons. The molecule has 8 nitrogen and oxygen atoms in total. The summed E-state index contributed by atoms with van der Waals surface area (Å²) in [6, 6.07) is 25.1. The van der Waals surface area contributed by atoms with Crippen molar-refractivity contribution >= 4 is 11.8 Å². The molecule has 0 saturated heterocycles. The molecule has 0 bridgehead atoms. The molecule has 8 heteroatoms. The van der Waals surface area contributed by atoms with E-state index in [4.69, 9.17) is 9.73 Å². The van der Waals surface area contributed by atoms with Crippen molar-refractivity contribution in [3.63, 3.8) is 0 Å². The number of nitrogens with zero attached hydrogens (tertiary/aromatic N) is 4. The van der Waals surface area contributed by atoms with Gasteiger partial charge in [0.15, 0.2) is 11.6 Å². The number of hydrazine groups is 1. The molecule has 1 unspecified atom stereocenters. The van der Waals surface area contributed by atoms with Crippen LogP contribution in [0.15, 0.2) is 83.9 Å². The number of esters is 1. The van der Waals surface area contributed by atoms with E-state index in [-0.39, 0.29) is 0 Å². The average molecular weight is 438 g/mol. The van der Waals surface area contributed by atoms with E-state index in [1.54, 1.807) is 0 Å². The van der Waals surface area contributed by atoms with Crippen LogP contribution in [0, 0.1) is 0 Å². The van der Waals surface area contributed by atoms with Crippen molar-refractivity contribution in [2.24, 2.45) is 4.99 Å². The number of carbonyl (C=O) groups is 1. The molecule has 1 aliphatic heterocycles. The van der Waals surface area contributed by atoms with Crippen LogP contribution in [0.3, 0.4) is 0 Å². The predicted molar refractivity (Wildman–Crippen MR) is 125 cm³/mol. The van der Waals surface area contributed by atoms with Gasteiger partial charge >= 0.3 is 5.97 Å². The molecule has 0 radical (unpaired) electrons. The number of nitrogens with one attached hydrogen (secondary N) is 2. The van der Waals surface area contributed by atoms with Crippen molar-refractivity contribution < 1.29 is 9.53 Å². The lowest BCUT2D eigenvalue weighted by Gasteiger charge is -2.21. The van der Waals surface area contributed by atoms with Crippen LogP contribution in [0.2, 0.25) is 0 Å². The van der Waals surface area contributed by atoms with Crippen molar-refractivity contribution in [2.75, 3.05) is 14.2 Å². The van der Waals surface area contributed by atoms with E-state index < -0.39 is 12.1 Å². The van der Waals surface area contributed by atoms with Crippen LogP contribution in [0.4, 0.5) is 0 Å². The number of carbonyl (C=O) groups excluding carboxylic acids is 1. The molecule has 0 amide bonds. The molecular weight excluding hydrogens is 416 g/mol. The monoisotopic (exact) mass is 438 g/mol. The maximum Gasteiger partial charge on any atom is 0.339 e. The second kappa shape index (κ2) is 8.68. The van der Waals surface area contributed by atoms with E-state index in [0.717, 1.165) is 17.0 Å². The van der Waals surface area contributed by atoms with Gasteiger partial charge in [-0.15, -0.1) is 0 Å². The first-order chi connectivity index (χ1) is 16.2. The zero-order valence-electron chi connectivity index (χ0n) is 18.2. The third-order valence-corrected chi connectivity index (χ3v) is 5.48. The summed E-state index contributed by atoms with van der Waals surface area (Å²) in [5, 5.41) is 9.18. The molecule has 2 heterocycles. The van der Waals surface area contributed by atoms with E-state index in [0.29, 0.717) is 28.3 Å². The zero-order chi connectivity index (χ0) is 22.8. The summed E-state index contributed by atoms with van der Waals surface area (Å²) < 4.78 is 5.15. The van der Waals surface area contributed by atoms with Crippen LogP contribution in [0.1, 0.15) is 27.7 Å². The van der Waals surface area contributed by atoms with Gasteiger partial charge in [-0.1, -0.05) is 78.9 Å². The summed E-state index contributed by atoms with van der Waals surface area (Å²) in [6.07, 6.45) is -0.425. The minimum Gasteiger partial charge on any atom is -0.465 e. The standard InChI is InChI=1S/C25H22N6O2/c1-31-24(27-22(30-31)17-12-7-4-8-13-17)19-15-9-14-18(20(19)25(32)33-2)23-26-21(28-29-23)16-10-5-3-6-11-16/h3-15,24H,1-2H3,(H,27,30)(H,26,28,29). The third-order valence-electron chi connectivity index (χ3n) is 5.48. The van der Waals surface area contributed by atoms with Crippen molar-refractivity contribution in [1.29, 1.82) is 0 Å². The second-order valence-electron chi connectivity index (χ2n) is 7.58. The molecule has 1 atom stereocenters. The van der Waals surface area contributed by atoms with Crippen molar-refractivity contribution in [2.45, 2.75) is 6.17 Å². The van der Waals surface area contributed by atoms with Crippen LogP contribution in [0.5, 0.6) is 0 Å². The number of benzene rings is 3. The highest BCUT2D eigenvalue weighted by Crippen LogP contribution is 2.33. The molecule has 0 fully saturated rings. The summed E-state index contributed by atoms with van der Waals surface area (Å²) in [7, 11) is 3.26. The summed E-state index contributed by atoms with van der Waals surface area (Å²) in [5.41, 5.74) is 6.83. The lowest BCUT2D eigenvalue weighted by molar-refractivity contribution is 0.0598. The number of hydrogen-bond donors (Lipinski definition) is 2. The Morgan fingerprint density at radius 1 is 0.939 bits per heavy atom. The van der Waals surface area contributed by atoms with Gasteiger partial charge in [0, 0.05) is 29.3 Å². The maximum atomic E-state index is 12.9. The van der Waals surface area contributed by atoms with Gasteiger partial charge in [-0.05, 0) is 0 Å². The van der Waals surface area contributed by atoms with E-state index in [1.807, 2.05) is 90.9 Å². The zero-order valence-corrected chi connectivity index (χ0v) is 18.2. The van der Waals surface area contributed by atoms with Gasteiger partial charge in [-0.3, -0.25) is 5.10 Å². The fraction of sp³-hybridized carbons (Fsp3) is 0.120. The minimum atomic E-state index is -0.463. The molecule has 0 saturated carbocycles. The highest BCUT2D eigenvalue weighted by atomic mass is 16.5. The summed E-state index contributed by atoms with van der Waals surface area (Å²) in [6.45, 7) is 0. The van der Waals surface area contributed by atoms with E-state index in [2.05, 4.69) is 20.6 Å². The number of amidine groups is 1. The highest BCUT2D eigenvalue weighted by molar-refractivity contribution is 6.01. The molecule has 0 aliphatic carbocycles. The van der Waals surface area contributed by atoms with Crippen molar-refractivity contribution in [3.8, 4) is 22.8 Å². The van der Waals surface area contributed by atoms with Gasteiger partial charge < -0.3 is 10.2 Å². The molecule has 33 heavy (non-hydrogen) atoms. The topological polar surface area (TPSA) is 95.5 Å². The Balaban J connectivity index is 1.59. The molecule has 5 rings (SSSR count). The predicted octanol–water partition coefficient (Wildman–Crippen LogP) is 3.82. The Hall–Kier alpha value is -4.30. The summed E-state index contributed by atoms with van der Waals surface area (Å²) >= 11 is 0. The van der Waals surface area contributed by atoms with E-state index in [1.165, 1.54) is 7.11 Å². The van der Waals surface area contributed by atoms with Crippen LogP contribution in [0.25, 0.3) is 22.8 Å². The highest BCUT2D eigenvalue weighted by Gasteiger charge is 2.31. The fourth-order valence-corrected chi connectivity index (χ4v) is 3.89. The number of aromatic amines is 1. The first-order valence-corrected chi connectivity index (χ1v) is 10.5. The molecule has 3 aromatic carbocycles. The van der Waals surface area contributed by atoms with Gasteiger partial charge in [-0.2, -0.15) is 10.1 Å². The molecule has 2 N–H and O–H groups in total. The van der Waals surface area contributed by atoms with E-state index >= 15 is 0 Å². The Morgan fingerprint density at radius 2 is 1.64 bits per heavy atom. The first-order valence-electron chi connectivity index (χ1n) is 10.5. The van der Waals surface area contributed by atoms with Crippen LogP contribution in [-0.4, -0.2) is 46.2 Å². The second-order valence-corrected chi connectivity index (χ2v) is 7.58.